The molecule has 2 aliphatic rings. The number of alkyl halides is 3. The molecule has 2 aromatic rings. The van der Waals surface area contributed by atoms with Crippen molar-refractivity contribution in [3.05, 3.63) is 64.2 Å². The second-order valence-corrected chi connectivity index (χ2v) is 9.14. The number of aliphatic hydroxyl groups excluding tert-OH is 1. The van der Waals surface area contributed by atoms with Crippen molar-refractivity contribution in [1.29, 1.82) is 5.26 Å². The highest BCUT2D eigenvalue weighted by Crippen LogP contribution is 2.46. The third-order valence-electron chi connectivity index (χ3n) is 6.98. The molecule has 2 fully saturated rings. The first-order chi connectivity index (χ1) is 15.7. The molecular formula is C24H23ClF3N3O2. The number of nitrogens with zero attached hydrogens (tertiary/aromatic N) is 3. The number of amides is 1. The number of carbonyl (C=O) groups is 1. The number of piperidine rings is 1. The molecule has 5 nitrogen and oxygen atoms in total. The average molecular weight is 478 g/mol. The van der Waals surface area contributed by atoms with Crippen LogP contribution in [0.4, 0.5) is 18.9 Å². The van der Waals surface area contributed by atoms with Gasteiger partial charge in [0.25, 0.3) is 5.91 Å². The van der Waals surface area contributed by atoms with Gasteiger partial charge in [-0.3, -0.25) is 4.79 Å². The van der Waals surface area contributed by atoms with E-state index in [0.717, 1.165) is 6.07 Å². The standard InChI is InChI=1S/C24H23ClF3N3O2/c25-21-4-2-1-3-19(21)22(33)30-9-7-23(8-10-30)15-31(13-17(23)14-32)18-6-5-16(12-29)20(11-18)24(26,27)28/h1-6,11,17,32H,7-10,13-15H2. The molecular weight excluding hydrogens is 455 g/mol. The number of rotatable bonds is 3. The lowest BCUT2D eigenvalue weighted by atomic mass is 9.71. The van der Waals surface area contributed by atoms with Gasteiger partial charge in [-0.15, -0.1) is 0 Å². The van der Waals surface area contributed by atoms with E-state index in [1.54, 1.807) is 35.2 Å². The van der Waals surface area contributed by atoms with Gasteiger partial charge in [0.05, 0.1) is 27.8 Å². The third-order valence-corrected chi connectivity index (χ3v) is 7.31. The Balaban J connectivity index is 1.52. The minimum absolute atomic E-state index is 0.0859. The van der Waals surface area contributed by atoms with Crippen LogP contribution >= 0.6 is 11.6 Å². The molecule has 2 saturated heterocycles. The highest BCUT2D eigenvalue weighted by molar-refractivity contribution is 6.33. The van der Waals surface area contributed by atoms with Crippen molar-refractivity contribution in [2.24, 2.45) is 11.3 Å². The van der Waals surface area contributed by atoms with Crippen LogP contribution < -0.4 is 4.90 Å². The Morgan fingerprint density at radius 3 is 2.52 bits per heavy atom. The number of carbonyl (C=O) groups excluding carboxylic acids is 1. The Labute approximate surface area is 195 Å². The quantitative estimate of drug-likeness (QED) is 0.702. The van der Waals surface area contributed by atoms with Crippen LogP contribution in [0.2, 0.25) is 5.02 Å². The van der Waals surface area contributed by atoms with Gasteiger partial charge in [0.1, 0.15) is 0 Å². The van der Waals surface area contributed by atoms with Gasteiger partial charge < -0.3 is 14.9 Å². The minimum atomic E-state index is -4.63. The number of halogens is 4. The number of aliphatic hydroxyl groups is 1. The van der Waals surface area contributed by atoms with E-state index >= 15 is 0 Å². The lowest BCUT2D eigenvalue weighted by molar-refractivity contribution is -0.137. The number of anilines is 1. The maximum Gasteiger partial charge on any atom is 0.417 e. The molecule has 9 heteroatoms. The molecule has 174 valence electrons. The summed E-state index contributed by atoms with van der Waals surface area (Å²) in [4.78, 5) is 16.5. The Hall–Kier alpha value is -2.76. The fraction of sp³-hybridized carbons (Fsp3) is 0.417. The van der Waals surface area contributed by atoms with Gasteiger partial charge >= 0.3 is 6.18 Å². The molecule has 1 atom stereocenters. The van der Waals surface area contributed by atoms with Gasteiger partial charge in [-0.05, 0) is 48.6 Å². The van der Waals surface area contributed by atoms with Gasteiger partial charge in [-0.1, -0.05) is 23.7 Å². The Bertz CT molecular complexity index is 1090. The molecule has 1 amide bonds. The van der Waals surface area contributed by atoms with Crippen molar-refractivity contribution in [2.45, 2.75) is 19.0 Å². The fourth-order valence-corrected chi connectivity index (χ4v) is 5.29. The van der Waals surface area contributed by atoms with Gasteiger partial charge in [0.15, 0.2) is 0 Å². The Kier molecular flexibility index (Phi) is 6.30. The van der Waals surface area contributed by atoms with Crippen molar-refractivity contribution in [1.82, 2.24) is 4.90 Å². The lowest BCUT2D eigenvalue weighted by Gasteiger charge is -2.42. The first kappa shape index (κ1) is 23.4. The normalized spacial score (nSPS) is 20.2. The van der Waals surface area contributed by atoms with Crippen molar-refractivity contribution in [3.8, 4) is 6.07 Å². The van der Waals surface area contributed by atoms with Crippen molar-refractivity contribution in [2.75, 3.05) is 37.7 Å². The Morgan fingerprint density at radius 2 is 1.91 bits per heavy atom. The largest absolute Gasteiger partial charge is 0.417 e. The number of nitriles is 1. The van der Waals surface area contributed by atoms with Crippen LogP contribution in [-0.2, 0) is 6.18 Å². The smallest absolute Gasteiger partial charge is 0.396 e. The molecule has 0 bridgehead atoms. The molecule has 2 aliphatic heterocycles. The van der Waals surface area contributed by atoms with Crippen molar-refractivity contribution in [3.63, 3.8) is 0 Å². The maximum atomic E-state index is 13.4. The molecule has 0 aliphatic carbocycles. The zero-order valence-corrected chi connectivity index (χ0v) is 18.5. The molecule has 1 unspecified atom stereocenters. The first-order valence-electron chi connectivity index (χ1n) is 10.7. The minimum Gasteiger partial charge on any atom is -0.396 e. The monoisotopic (exact) mass is 477 g/mol. The summed E-state index contributed by atoms with van der Waals surface area (Å²) in [5.41, 5.74) is -0.849. The van der Waals surface area contributed by atoms with E-state index in [1.807, 2.05) is 4.90 Å². The summed E-state index contributed by atoms with van der Waals surface area (Å²) in [6, 6.07) is 12.2. The summed E-state index contributed by atoms with van der Waals surface area (Å²) in [7, 11) is 0. The highest BCUT2D eigenvalue weighted by atomic mass is 35.5. The molecule has 2 heterocycles. The SMILES string of the molecule is N#Cc1ccc(N2CC(CO)C3(CCN(C(=O)c4ccccc4Cl)CC3)C2)cc1C(F)(F)F. The van der Waals surface area contributed by atoms with Crippen LogP contribution in [0.3, 0.4) is 0 Å². The Morgan fingerprint density at radius 1 is 1.21 bits per heavy atom. The molecule has 0 radical (unpaired) electrons. The highest BCUT2D eigenvalue weighted by Gasteiger charge is 2.48. The summed E-state index contributed by atoms with van der Waals surface area (Å²) >= 11 is 6.17. The van der Waals surface area contributed by atoms with Crippen LogP contribution in [0.5, 0.6) is 0 Å². The second-order valence-electron chi connectivity index (χ2n) is 8.73. The van der Waals surface area contributed by atoms with Crippen molar-refractivity contribution < 1.29 is 23.1 Å². The van der Waals surface area contributed by atoms with E-state index in [4.69, 9.17) is 16.9 Å². The van der Waals surface area contributed by atoms with Gasteiger partial charge in [-0.25, -0.2) is 0 Å². The first-order valence-corrected chi connectivity index (χ1v) is 11.1. The summed E-state index contributed by atoms with van der Waals surface area (Å²) < 4.78 is 40.3. The number of benzene rings is 2. The molecule has 33 heavy (non-hydrogen) atoms. The number of hydrogen-bond donors (Lipinski definition) is 1. The summed E-state index contributed by atoms with van der Waals surface area (Å²) in [6.07, 6.45) is -3.36. The third kappa shape index (κ3) is 4.40. The predicted octanol–water partition coefficient (Wildman–Crippen LogP) is 4.58. The second kappa shape index (κ2) is 8.88. The summed E-state index contributed by atoms with van der Waals surface area (Å²) in [6.45, 7) is 1.77. The van der Waals surface area contributed by atoms with E-state index in [1.165, 1.54) is 12.1 Å². The van der Waals surface area contributed by atoms with E-state index < -0.39 is 17.3 Å². The average Bonchev–Trinajstić information content (AvgIpc) is 3.16. The molecule has 0 saturated carbocycles. The summed E-state index contributed by atoms with van der Waals surface area (Å²) in [5, 5.41) is 19.5. The van der Waals surface area contributed by atoms with Gasteiger partial charge in [0, 0.05) is 44.4 Å². The molecule has 1 N–H and O–H groups in total. The summed E-state index contributed by atoms with van der Waals surface area (Å²) in [5.74, 6) is -0.271. The molecule has 2 aromatic carbocycles. The number of likely N-dealkylation sites (tertiary alicyclic amines) is 1. The zero-order chi connectivity index (χ0) is 23.8. The zero-order valence-electron chi connectivity index (χ0n) is 17.8. The molecule has 1 spiro atoms. The van der Waals surface area contributed by atoms with E-state index in [-0.39, 0.29) is 23.8 Å². The molecule has 0 aromatic heterocycles. The van der Waals surface area contributed by atoms with E-state index in [2.05, 4.69) is 0 Å². The fourth-order valence-electron chi connectivity index (χ4n) is 5.07. The van der Waals surface area contributed by atoms with Crippen molar-refractivity contribution >= 4 is 23.2 Å². The lowest BCUT2D eigenvalue weighted by Crippen LogP contribution is -2.47. The van der Waals surface area contributed by atoms with Crippen LogP contribution in [0.15, 0.2) is 42.5 Å². The van der Waals surface area contributed by atoms with E-state index in [9.17, 15) is 23.1 Å². The van der Waals surface area contributed by atoms with Crippen LogP contribution in [0.1, 0.15) is 34.3 Å². The van der Waals surface area contributed by atoms with E-state index in [0.29, 0.717) is 55.3 Å². The van der Waals surface area contributed by atoms with Crippen LogP contribution in [0, 0.1) is 22.7 Å². The maximum absolute atomic E-state index is 13.4. The number of hydrogen-bond acceptors (Lipinski definition) is 4. The molecule has 4 rings (SSSR count). The predicted molar refractivity (Wildman–Crippen MR) is 118 cm³/mol. The van der Waals surface area contributed by atoms with Gasteiger partial charge in [-0.2, -0.15) is 18.4 Å². The van der Waals surface area contributed by atoms with Crippen LogP contribution in [0.25, 0.3) is 0 Å². The van der Waals surface area contributed by atoms with Crippen LogP contribution in [-0.4, -0.2) is 48.7 Å². The van der Waals surface area contributed by atoms with Gasteiger partial charge in [0.2, 0.25) is 0 Å². The topological polar surface area (TPSA) is 67.6 Å².